The van der Waals surface area contributed by atoms with Crippen LogP contribution in [0.25, 0.3) is 0 Å². The Morgan fingerprint density at radius 2 is 2.24 bits per heavy atom. The molecule has 1 aromatic carbocycles. The number of rotatable bonds is 3. The highest BCUT2D eigenvalue weighted by atomic mass is 32.2. The van der Waals surface area contributed by atoms with E-state index in [2.05, 4.69) is 12.2 Å². The number of halogens is 1. The maximum Gasteiger partial charge on any atom is 0.128 e. The van der Waals surface area contributed by atoms with Crippen molar-refractivity contribution in [1.82, 2.24) is 0 Å². The Labute approximate surface area is 106 Å². The smallest absolute Gasteiger partial charge is 0.128 e. The molecule has 17 heavy (non-hydrogen) atoms. The van der Waals surface area contributed by atoms with Crippen molar-refractivity contribution in [3.05, 3.63) is 24.0 Å². The van der Waals surface area contributed by atoms with E-state index in [0.717, 1.165) is 12.1 Å². The van der Waals surface area contributed by atoms with Gasteiger partial charge in [-0.3, -0.25) is 0 Å². The first-order valence-corrected chi connectivity index (χ1v) is 6.96. The van der Waals surface area contributed by atoms with Crippen LogP contribution in [0.3, 0.4) is 0 Å². The summed E-state index contributed by atoms with van der Waals surface area (Å²) in [7, 11) is 1.55. The molecule has 1 fully saturated rings. The van der Waals surface area contributed by atoms with E-state index in [-0.39, 0.29) is 5.82 Å². The van der Waals surface area contributed by atoms with Gasteiger partial charge in [0.1, 0.15) is 11.6 Å². The largest absolute Gasteiger partial charge is 0.497 e. The van der Waals surface area contributed by atoms with Crippen molar-refractivity contribution in [3.8, 4) is 5.75 Å². The summed E-state index contributed by atoms with van der Waals surface area (Å²) in [5.41, 5.74) is 0.807. The predicted molar refractivity (Wildman–Crippen MR) is 71.5 cm³/mol. The third kappa shape index (κ3) is 3.28. The highest BCUT2D eigenvalue weighted by Crippen LogP contribution is 2.29. The Morgan fingerprint density at radius 3 is 2.94 bits per heavy atom. The zero-order valence-corrected chi connectivity index (χ0v) is 11.0. The number of anilines is 1. The van der Waals surface area contributed by atoms with E-state index < -0.39 is 0 Å². The lowest BCUT2D eigenvalue weighted by atomic mass is 10.1. The molecule has 2 rings (SSSR count). The van der Waals surface area contributed by atoms with Gasteiger partial charge in [-0.15, -0.1) is 0 Å². The zero-order valence-electron chi connectivity index (χ0n) is 10.2. The van der Waals surface area contributed by atoms with Crippen molar-refractivity contribution >= 4 is 17.4 Å². The Balaban J connectivity index is 2.09. The quantitative estimate of drug-likeness (QED) is 0.892. The van der Waals surface area contributed by atoms with E-state index >= 15 is 0 Å². The Morgan fingerprint density at radius 1 is 1.41 bits per heavy atom. The summed E-state index contributed by atoms with van der Waals surface area (Å²) >= 11 is 1.97. The Kier molecular flexibility index (Phi) is 4.15. The van der Waals surface area contributed by atoms with Gasteiger partial charge in [0, 0.05) is 29.1 Å². The molecule has 0 aromatic heterocycles. The van der Waals surface area contributed by atoms with Crippen molar-refractivity contribution in [2.75, 3.05) is 18.2 Å². The van der Waals surface area contributed by atoms with Crippen LogP contribution in [0.1, 0.15) is 19.8 Å². The Hall–Kier alpha value is -0.900. The molecule has 1 N–H and O–H groups in total. The first-order chi connectivity index (χ1) is 8.19. The van der Waals surface area contributed by atoms with Gasteiger partial charge >= 0.3 is 0 Å². The second-order valence-corrected chi connectivity index (χ2v) is 5.83. The third-order valence-corrected chi connectivity index (χ3v) is 4.44. The van der Waals surface area contributed by atoms with Crippen molar-refractivity contribution in [2.24, 2.45) is 0 Å². The van der Waals surface area contributed by atoms with Crippen LogP contribution in [0.4, 0.5) is 10.1 Å². The van der Waals surface area contributed by atoms with Gasteiger partial charge in [0.15, 0.2) is 0 Å². The molecule has 1 aromatic rings. The molecule has 0 saturated carbocycles. The van der Waals surface area contributed by atoms with E-state index in [1.165, 1.54) is 24.3 Å². The van der Waals surface area contributed by atoms with Gasteiger partial charge in [-0.25, -0.2) is 4.39 Å². The summed E-state index contributed by atoms with van der Waals surface area (Å²) in [6, 6.07) is 5.17. The number of ether oxygens (including phenoxy) is 1. The van der Waals surface area contributed by atoms with Gasteiger partial charge < -0.3 is 10.1 Å². The van der Waals surface area contributed by atoms with Crippen LogP contribution in [-0.2, 0) is 0 Å². The molecule has 4 heteroatoms. The molecular weight excluding hydrogens is 237 g/mol. The lowest BCUT2D eigenvalue weighted by molar-refractivity contribution is 0.411. The molecule has 1 saturated heterocycles. The van der Waals surface area contributed by atoms with Gasteiger partial charge in [-0.2, -0.15) is 11.8 Å². The van der Waals surface area contributed by atoms with Gasteiger partial charge in [-0.05, 0) is 24.7 Å². The van der Waals surface area contributed by atoms with Crippen molar-refractivity contribution in [3.63, 3.8) is 0 Å². The first-order valence-electron chi connectivity index (χ1n) is 5.92. The lowest BCUT2D eigenvalue weighted by Crippen LogP contribution is -2.32. The van der Waals surface area contributed by atoms with Crippen LogP contribution in [0.15, 0.2) is 18.2 Å². The first kappa shape index (κ1) is 12.6. The maximum atomic E-state index is 13.3. The topological polar surface area (TPSA) is 21.3 Å². The Bertz CT molecular complexity index is 386. The fourth-order valence-corrected chi connectivity index (χ4v) is 3.23. The third-order valence-electron chi connectivity index (χ3n) is 3.07. The second kappa shape index (κ2) is 5.63. The van der Waals surface area contributed by atoms with Crippen LogP contribution in [-0.4, -0.2) is 24.2 Å². The highest BCUT2D eigenvalue weighted by Gasteiger charge is 2.21. The molecule has 0 bridgehead atoms. The van der Waals surface area contributed by atoms with Gasteiger partial charge in [-0.1, -0.05) is 6.92 Å². The average molecular weight is 255 g/mol. The molecule has 2 unspecified atom stereocenters. The number of methoxy groups -OCH3 is 1. The summed E-state index contributed by atoms with van der Waals surface area (Å²) in [5, 5.41) is 3.97. The average Bonchev–Trinajstić information content (AvgIpc) is 2.31. The summed E-state index contributed by atoms with van der Waals surface area (Å²) in [5.74, 6) is 1.53. The number of hydrogen-bond acceptors (Lipinski definition) is 3. The number of hydrogen-bond donors (Lipinski definition) is 1. The molecular formula is C13H18FNOS. The van der Waals surface area contributed by atoms with E-state index in [4.69, 9.17) is 4.74 Å². The fourth-order valence-electron chi connectivity index (χ4n) is 2.09. The maximum absolute atomic E-state index is 13.3. The lowest BCUT2D eigenvalue weighted by Gasteiger charge is -2.30. The number of nitrogens with one attached hydrogen (secondary N) is 1. The minimum Gasteiger partial charge on any atom is -0.497 e. The van der Waals surface area contributed by atoms with Crippen LogP contribution >= 0.6 is 11.8 Å². The zero-order chi connectivity index (χ0) is 12.3. The van der Waals surface area contributed by atoms with E-state index in [9.17, 15) is 4.39 Å². The van der Waals surface area contributed by atoms with Crippen LogP contribution < -0.4 is 10.1 Å². The molecule has 0 radical (unpaired) electrons. The summed E-state index contributed by atoms with van der Waals surface area (Å²) in [6.07, 6.45) is 2.37. The van der Waals surface area contributed by atoms with Gasteiger partial charge in [0.2, 0.25) is 0 Å². The molecule has 2 atom stereocenters. The van der Waals surface area contributed by atoms with Crippen molar-refractivity contribution in [1.29, 1.82) is 0 Å². The molecule has 2 nitrogen and oxygen atoms in total. The van der Waals surface area contributed by atoms with E-state index in [1.54, 1.807) is 7.11 Å². The molecule has 1 heterocycles. The molecule has 94 valence electrons. The molecule has 0 amide bonds. The normalized spacial score (nSPS) is 24.4. The molecule has 0 aliphatic carbocycles. The van der Waals surface area contributed by atoms with Gasteiger partial charge in [0.25, 0.3) is 0 Å². The molecule has 0 spiro atoms. The molecule has 1 aliphatic rings. The van der Waals surface area contributed by atoms with Crippen molar-refractivity contribution in [2.45, 2.75) is 31.1 Å². The summed E-state index contributed by atoms with van der Waals surface area (Å²) in [4.78, 5) is 0. The van der Waals surface area contributed by atoms with Crippen LogP contribution in [0.5, 0.6) is 5.75 Å². The number of thioether (sulfide) groups is 1. The van der Waals surface area contributed by atoms with E-state index in [0.29, 0.717) is 17.0 Å². The molecule has 1 aliphatic heterocycles. The van der Waals surface area contributed by atoms with E-state index in [1.807, 2.05) is 17.8 Å². The number of benzene rings is 1. The van der Waals surface area contributed by atoms with Crippen LogP contribution in [0.2, 0.25) is 0 Å². The van der Waals surface area contributed by atoms with Crippen LogP contribution in [0, 0.1) is 5.82 Å². The van der Waals surface area contributed by atoms with Crippen molar-refractivity contribution < 1.29 is 9.13 Å². The fraction of sp³-hybridized carbons (Fsp3) is 0.538. The SMILES string of the molecule is COc1cc(F)cc(NC2CCCSC2C)c1. The highest BCUT2D eigenvalue weighted by molar-refractivity contribution is 8.00. The second-order valence-electron chi connectivity index (χ2n) is 4.35. The minimum atomic E-state index is -0.261. The monoisotopic (exact) mass is 255 g/mol. The summed E-state index contributed by atoms with van der Waals surface area (Å²) < 4.78 is 18.4. The summed E-state index contributed by atoms with van der Waals surface area (Å²) in [6.45, 7) is 2.22. The van der Waals surface area contributed by atoms with Gasteiger partial charge in [0.05, 0.1) is 7.11 Å². The minimum absolute atomic E-state index is 0.261. The predicted octanol–water partition coefficient (Wildman–Crippen LogP) is 3.53. The standard InChI is InChI=1S/C13H18FNOS/c1-9-13(4-3-5-17-9)15-11-6-10(14)7-12(8-11)16-2/h6-9,13,15H,3-5H2,1-2H3.